The van der Waals surface area contributed by atoms with Crippen LogP contribution in [0.1, 0.15) is 51.6 Å². The number of benzene rings is 1. The van der Waals surface area contributed by atoms with E-state index in [4.69, 9.17) is 21.1 Å². The molecular formula is C17H28ClNO2. The zero-order valence-corrected chi connectivity index (χ0v) is 14.6. The van der Waals surface area contributed by atoms with Gasteiger partial charge in [-0.05, 0) is 36.9 Å². The molecule has 4 heteroatoms. The molecule has 0 fully saturated rings. The highest BCUT2D eigenvalue weighted by molar-refractivity contribution is 6.31. The lowest BCUT2D eigenvalue weighted by Gasteiger charge is -2.24. The van der Waals surface area contributed by atoms with Crippen LogP contribution in [0.15, 0.2) is 12.1 Å². The van der Waals surface area contributed by atoms with Crippen LogP contribution in [-0.4, -0.2) is 20.8 Å². The van der Waals surface area contributed by atoms with Crippen molar-refractivity contribution in [2.75, 3.05) is 20.8 Å². The second kappa shape index (κ2) is 9.16. The Morgan fingerprint density at radius 1 is 1.14 bits per heavy atom. The topological polar surface area (TPSA) is 30.5 Å². The van der Waals surface area contributed by atoms with Crippen LogP contribution in [0.5, 0.6) is 11.5 Å². The van der Waals surface area contributed by atoms with E-state index in [2.05, 4.69) is 26.1 Å². The summed E-state index contributed by atoms with van der Waals surface area (Å²) >= 11 is 6.46. The van der Waals surface area contributed by atoms with E-state index in [9.17, 15) is 0 Å². The molecular weight excluding hydrogens is 286 g/mol. The molecule has 0 heterocycles. The van der Waals surface area contributed by atoms with Gasteiger partial charge < -0.3 is 14.8 Å². The minimum Gasteiger partial charge on any atom is -0.493 e. The van der Waals surface area contributed by atoms with Crippen LogP contribution in [0.3, 0.4) is 0 Å². The van der Waals surface area contributed by atoms with Crippen LogP contribution in [0.4, 0.5) is 0 Å². The van der Waals surface area contributed by atoms with Crippen LogP contribution >= 0.6 is 11.6 Å². The predicted octanol–water partition coefficient (Wildman–Crippen LogP) is 4.83. The normalized spacial score (nSPS) is 13.8. The van der Waals surface area contributed by atoms with E-state index in [1.54, 1.807) is 14.2 Å². The molecule has 2 unspecified atom stereocenters. The van der Waals surface area contributed by atoms with E-state index >= 15 is 0 Å². The van der Waals surface area contributed by atoms with E-state index in [1.165, 1.54) is 0 Å². The Bertz CT molecular complexity index is 437. The van der Waals surface area contributed by atoms with Crippen molar-refractivity contribution in [2.24, 2.45) is 5.92 Å². The summed E-state index contributed by atoms with van der Waals surface area (Å²) in [5.74, 6) is 2.04. The molecule has 120 valence electrons. The summed E-state index contributed by atoms with van der Waals surface area (Å²) in [6.07, 6.45) is 3.32. The largest absolute Gasteiger partial charge is 0.493 e. The summed E-state index contributed by atoms with van der Waals surface area (Å²) in [5.41, 5.74) is 1.09. The SMILES string of the molecule is CCCNC(CC(C)CC)c1cc(OC)c(OC)cc1Cl. The number of hydrogen-bond donors (Lipinski definition) is 1. The first-order valence-corrected chi connectivity index (χ1v) is 8.09. The van der Waals surface area contributed by atoms with Crippen LogP contribution in [-0.2, 0) is 0 Å². The lowest BCUT2D eigenvalue weighted by atomic mass is 9.93. The van der Waals surface area contributed by atoms with Crippen molar-refractivity contribution in [3.05, 3.63) is 22.7 Å². The molecule has 3 nitrogen and oxygen atoms in total. The molecule has 0 saturated carbocycles. The number of nitrogens with one attached hydrogen (secondary N) is 1. The number of ether oxygens (including phenoxy) is 2. The molecule has 2 atom stereocenters. The minimum atomic E-state index is 0.243. The average molecular weight is 314 g/mol. The van der Waals surface area contributed by atoms with E-state index in [1.807, 2.05) is 12.1 Å². The van der Waals surface area contributed by atoms with Crippen molar-refractivity contribution in [1.82, 2.24) is 5.32 Å². The Balaban J connectivity index is 3.10. The van der Waals surface area contributed by atoms with Crippen LogP contribution < -0.4 is 14.8 Å². The molecule has 0 aliphatic rings. The van der Waals surface area contributed by atoms with Gasteiger partial charge >= 0.3 is 0 Å². The smallest absolute Gasteiger partial charge is 0.162 e. The van der Waals surface area contributed by atoms with Gasteiger partial charge in [0.15, 0.2) is 11.5 Å². The maximum atomic E-state index is 6.46. The Morgan fingerprint density at radius 2 is 1.76 bits per heavy atom. The van der Waals surface area contributed by atoms with Gasteiger partial charge in [0.05, 0.1) is 14.2 Å². The number of halogens is 1. The van der Waals surface area contributed by atoms with Gasteiger partial charge in [0, 0.05) is 17.1 Å². The van der Waals surface area contributed by atoms with E-state index in [0.717, 1.165) is 42.1 Å². The lowest BCUT2D eigenvalue weighted by Crippen LogP contribution is -2.24. The Hall–Kier alpha value is -0.930. The predicted molar refractivity (Wildman–Crippen MR) is 89.7 cm³/mol. The fraction of sp³-hybridized carbons (Fsp3) is 0.647. The van der Waals surface area contributed by atoms with Crippen LogP contribution in [0.2, 0.25) is 5.02 Å². The van der Waals surface area contributed by atoms with Gasteiger partial charge in [-0.3, -0.25) is 0 Å². The van der Waals surface area contributed by atoms with Crippen LogP contribution in [0.25, 0.3) is 0 Å². The molecule has 0 spiro atoms. The first kappa shape index (κ1) is 18.1. The van der Waals surface area contributed by atoms with Gasteiger partial charge in [0.1, 0.15) is 0 Å². The third-order valence-corrected chi connectivity index (χ3v) is 4.18. The van der Waals surface area contributed by atoms with E-state index < -0.39 is 0 Å². The summed E-state index contributed by atoms with van der Waals surface area (Å²) in [6.45, 7) is 7.64. The highest BCUT2D eigenvalue weighted by atomic mass is 35.5. The number of rotatable bonds is 9. The summed E-state index contributed by atoms with van der Waals surface area (Å²) in [7, 11) is 3.28. The highest BCUT2D eigenvalue weighted by Crippen LogP contribution is 2.37. The molecule has 1 aromatic carbocycles. The van der Waals surface area contributed by atoms with Crippen molar-refractivity contribution >= 4 is 11.6 Å². The van der Waals surface area contributed by atoms with Crippen molar-refractivity contribution in [2.45, 2.75) is 46.1 Å². The first-order valence-electron chi connectivity index (χ1n) is 7.72. The molecule has 0 saturated heterocycles. The fourth-order valence-corrected chi connectivity index (χ4v) is 2.63. The Kier molecular flexibility index (Phi) is 7.91. The van der Waals surface area contributed by atoms with Crippen molar-refractivity contribution in [3.63, 3.8) is 0 Å². The van der Waals surface area contributed by atoms with Crippen molar-refractivity contribution in [1.29, 1.82) is 0 Å². The molecule has 0 amide bonds. The second-order valence-electron chi connectivity index (χ2n) is 5.48. The molecule has 1 aromatic rings. The molecule has 0 bridgehead atoms. The Morgan fingerprint density at radius 3 is 2.29 bits per heavy atom. The van der Waals surface area contributed by atoms with E-state index in [0.29, 0.717) is 11.7 Å². The molecule has 1 rings (SSSR count). The summed E-state index contributed by atoms with van der Waals surface area (Å²) < 4.78 is 10.7. The third kappa shape index (κ3) is 5.08. The average Bonchev–Trinajstić information content (AvgIpc) is 2.50. The maximum Gasteiger partial charge on any atom is 0.162 e. The maximum absolute atomic E-state index is 6.46. The van der Waals surface area contributed by atoms with Gasteiger partial charge in [-0.2, -0.15) is 0 Å². The summed E-state index contributed by atoms with van der Waals surface area (Å²) in [5, 5.41) is 4.33. The van der Waals surface area contributed by atoms with E-state index in [-0.39, 0.29) is 6.04 Å². The van der Waals surface area contributed by atoms with Gasteiger partial charge in [-0.25, -0.2) is 0 Å². The second-order valence-corrected chi connectivity index (χ2v) is 5.89. The molecule has 0 aromatic heterocycles. The van der Waals surface area contributed by atoms with Gasteiger partial charge in [-0.15, -0.1) is 0 Å². The van der Waals surface area contributed by atoms with Crippen LogP contribution in [0, 0.1) is 5.92 Å². The monoisotopic (exact) mass is 313 g/mol. The zero-order chi connectivity index (χ0) is 15.8. The van der Waals surface area contributed by atoms with Crippen molar-refractivity contribution in [3.8, 4) is 11.5 Å². The molecule has 0 aliphatic heterocycles. The minimum absolute atomic E-state index is 0.243. The fourth-order valence-electron chi connectivity index (χ4n) is 2.34. The van der Waals surface area contributed by atoms with Gasteiger partial charge in [0.2, 0.25) is 0 Å². The zero-order valence-electron chi connectivity index (χ0n) is 13.8. The molecule has 0 aliphatic carbocycles. The molecule has 1 N–H and O–H groups in total. The summed E-state index contributed by atoms with van der Waals surface area (Å²) in [4.78, 5) is 0. The van der Waals surface area contributed by atoms with Crippen molar-refractivity contribution < 1.29 is 9.47 Å². The standard InChI is InChI=1S/C17H28ClNO2/c1-6-8-19-15(9-12(3)7-2)13-10-16(20-4)17(21-5)11-14(13)18/h10-12,15,19H,6-9H2,1-5H3. The lowest BCUT2D eigenvalue weighted by molar-refractivity contribution is 0.352. The first-order chi connectivity index (χ1) is 10.1. The number of methoxy groups -OCH3 is 2. The quantitative estimate of drug-likeness (QED) is 0.708. The highest BCUT2D eigenvalue weighted by Gasteiger charge is 2.19. The third-order valence-electron chi connectivity index (χ3n) is 3.85. The molecule has 0 radical (unpaired) electrons. The number of hydrogen-bond acceptors (Lipinski definition) is 3. The molecule has 21 heavy (non-hydrogen) atoms. The van der Waals surface area contributed by atoms with Gasteiger partial charge in [-0.1, -0.05) is 38.8 Å². The summed E-state index contributed by atoms with van der Waals surface area (Å²) in [6, 6.07) is 4.08. The Labute approximate surface area is 134 Å². The van der Waals surface area contributed by atoms with Gasteiger partial charge in [0.25, 0.3) is 0 Å².